The number of aliphatic hydroxyl groups is 1. The Bertz CT molecular complexity index is 1490. The lowest BCUT2D eigenvalue weighted by Gasteiger charge is -2.28. The Kier molecular flexibility index (Phi) is 8.76. The number of furan rings is 1. The summed E-state index contributed by atoms with van der Waals surface area (Å²) in [5.41, 5.74) is 0.324. The van der Waals surface area contributed by atoms with Crippen molar-refractivity contribution in [2.75, 3.05) is 6.54 Å². The Morgan fingerprint density at radius 2 is 1.98 bits per heavy atom. The highest BCUT2D eigenvalue weighted by atomic mass is 32.2. The molecule has 216 valence electrons. The Morgan fingerprint density at radius 3 is 2.67 bits per heavy atom. The van der Waals surface area contributed by atoms with Gasteiger partial charge in [0, 0.05) is 30.1 Å². The minimum atomic E-state index is -4.22. The van der Waals surface area contributed by atoms with Crippen molar-refractivity contribution in [3.63, 3.8) is 0 Å². The van der Waals surface area contributed by atoms with E-state index in [1.54, 1.807) is 6.92 Å². The highest BCUT2D eigenvalue weighted by Gasteiger charge is 2.40. The maximum absolute atomic E-state index is 13.5. The van der Waals surface area contributed by atoms with Crippen molar-refractivity contribution in [3.8, 4) is 0 Å². The molecular weight excluding hydrogens is 543 g/mol. The number of β-amino-alcohol motifs (C(OH)–C–C–N with tert-alkyl or cyclic N) is 1. The van der Waals surface area contributed by atoms with E-state index in [1.807, 2.05) is 13.8 Å². The van der Waals surface area contributed by atoms with Gasteiger partial charge in [-0.3, -0.25) is 9.59 Å². The number of nitrogens with zero attached hydrogens (tertiary/aromatic N) is 2. The topological polar surface area (TPSA) is 156 Å². The van der Waals surface area contributed by atoms with Crippen LogP contribution in [-0.2, 0) is 14.8 Å². The van der Waals surface area contributed by atoms with Crippen molar-refractivity contribution >= 4 is 32.8 Å². The van der Waals surface area contributed by atoms with Crippen LogP contribution in [-0.4, -0.2) is 60.4 Å². The first-order chi connectivity index (χ1) is 18.9. The highest BCUT2D eigenvalue weighted by Crippen LogP contribution is 2.24. The molecule has 0 radical (unpaired) electrons. The number of nitrogens with one attached hydrogen (secondary N) is 2. The third-order valence-corrected chi connectivity index (χ3v) is 8.91. The molecule has 0 bridgehead atoms. The second kappa shape index (κ2) is 11.9. The number of halogens is 1. The third-order valence-electron chi connectivity index (χ3n) is 6.94. The lowest BCUT2D eigenvalue weighted by atomic mass is 10.0. The standard InChI is InChI=1S/C27H33FN4O7S/c1-16(2)12-21(30-27(35)24-14-18-13-19(28)8-10-23(18)39-24)26(34)29-20-9-7-17(3)32(15-22(20)33)40(37,38)25-6-4-5-11-31(25)36/h4-6,8,10-11,13-14,16-17,20-22,33H,7,9,12,15H2,1-3H3,(H,29,34)(H,30,35)/t17-,20+,21+,22+/m1/s1. The van der Waals surface area contributed by atoms with E-state index in [2.05, 4.69) is 10.6 Å². The molecule has 11 nitrogen and oxygen atoms in total. The molecule has 1 aliphatic rings. The molecule has 2 amide bonds. The van der Waals surface area contributed by atoms with Crippen LogP contribution in [0.1, 0.15) is 50.6 Å². The average Bonchev–Trinajstić information content (AvgIpc) is 3.25. The van der Waals surface area contributed by atoms with Crippen molar-refractivity contribution in [1.29, 1.82) is 0 Å². The highest BCUT2D eigenvalue weighted by molar-refractivity contribution is 7.89. The molecule has 0 spiro atoms. The first-order valence-corrected chi connectivity index (χ1v) is 14.5. The van der Waals surface area contributed by atoms with E-state index in [0.717, 1.165) is 10.5 Å². The summed E-state index contributed by atoms with van der Waals surface area (Å²) in [7, 11) is -4.22. The molecule has 3 aromatic rings. The van der Waals surface area contributed by atoms with Crippen LogP contribution in [0.3, 0.4) is 0 Å². The summed E-state index contributed by atoms with van der Waals surface area (Å²) in [4.78, 5) is 26.3. The largest absolute Gasteiger partial charge is 0.618 e. The van der Waals surface area contributed by atoms with Crippen molar-refractivity contribution < 1.29 is 36.7 Å². The van der Waals surface area contributed by atoms with E-state index in [9.17, 15) is 32.7 Å². The maximum atomic E-state index is 13.5. The fourth-order valence-electron chi connectivity index (χ4n) is 4.83. The number of carbonyl (C=O) groups excluding carboxylic acids is 2. The van der Waals surface area contributed by atoms with Gasteiger partial charge < -0.3 is 25.4 Å². The fraction of sp³-hybridized carbons (Fsp3) is 0.444. The van der Waals surface area contributed by atoms with E-state index < -0.39 is 56.9 Å². The quantitative estimate of drug-likeness (QED) is 0.274. The van der Waals surface area contributed by atoms with Crippen LogP contribution in [0.4, 0.5) is 4.39 Å². The molecule has 1 aliphatic heterocycles. The van der Waals surface area contributed by atoms with Crippen molar-refractivity contribution in [2.24, 2.45) is 5.92 Å². The van der Waals surface area contributed by atoms with Gasteiger partial charge in [-0.1, -0.05) is 13.8 Å². The minimum Gasteiger partial charge on any atom is -0.618 e. The molecule has 2 aromatic heterocycles. The van der Waals surface area contributed by atoms with Gasteiger partial charge in [0.05, 0.1) is 12.1 Å². The lowest BCUT2D eigenvalue weighted by molar-refractivity contribution is -0.646. The molecule has 0 aliphatic carbocycles. The van der Waals surface area contributed by atoms with Gasteiger partial charge in [-0.15, -0.1) is 0 Å². The lowest BCUT2D eigenvalue weighted by Crippen LogP contribution is -2.54. The Morgan fingerprint density at radius 1 is 1.23 bits per heavy atom. The first kappa shape index (κ1) is 29.4. The molecule has 3 N–H and O–H groups in total. The van der Waals surface area contributed by atoms with Gasteiger partial charge in [0.1, 0.15) is 17.4 Å². The Balaban J connectivity index is 1.48. The third kappa shape index (κ3) is 6.43. The molecular formula is C27H33FN4O7S. The number of pyridine rings is 1. The van der Waals surface area contributed by atoms with E-state index in [0.29, 0.717) is 17.4 Å². The van der Waals surface area contributed by atoms with Crippen LogP contribution in [0.15, 0.2) is 58.1 Å². The van der Waals surface area contributed by atoms with Crippen LogP contribution in [0, 0.1) is 16.9 Å². The minimum absolute atomic E-state index is 0.0187. The van der Waals surface area contributed by atoms with Gasteiger partial charge >= 0.3 is 15.0 Å². The molecule has 40 heavy (non-hydrogen) atoms. The summed E-state index contributed by atoms with van der Waals surface area (Å²) in [5.74, 6) is -1.74. The van der Waals surface area contributed by atoms with Crippen LogP contribution >= 0.6 is 0 Å². The van der Waals surface area contributed by atoms with Crippen LogP contribution in [0.5, 0.6) is 0 Å². The number of amides is 2. The maximum Gasteiger partial charge on any atom is 0.323 e. The molecule has 4 atom stereocenters. The van der Waals surface area contributed by atoms with Crippen molar-refractivity contribution in [3.05, 3.63) is 65.4 Å². The smallest absolute Gasteiger partial charge is 0.323 e. The van der Waals surface area contributed by atoms with Crippen molar-refractivity contribution in [2.45, 2.75) is 69.3 Å². The van der Waals surface area contributed by atoms with Crippen LogP contribution in [0.2, 0.25) is 0 Å². The van der Waals surface area contributed by atoms with Gasteiger partial charge in [-0.05, 0) is 62.4 Å². The molecule has 0 unspecified atom stereocenters. The monoisotopic (exact) mass is 576 g/mol. The predicted octanol–water partition coefficient (Wildman–Crippen LogP) is 2.07. The van der Waals surface area contributed by atoms with E-state index >= 15 is 0 Å². The number of benzene rings is 1. The van der Waals surface area contributed by atoms with Gasteiger partial charge in [0.2, 0.25) is 5.91 Å². The molecule has 13 heteroatoms. The number of aliphatic hydroxyl groups excluding tert-OH is 1. The van der Waals surface area contributed by atoms with Gasteiger partial charge in [-0.2, -0.15) is 9.04 Å². The number of sulfonamides is 1. The average molecular weight is 577 g/mol. The number of hydrogen-bond acceptors (Lipinski definition) is 7. The van der Waals surface area contributed by atoms with E-state index in [1.165, 1.54) is 42.5 Å². The van der Waals surface area contributed by atoms with Gasteiger partial charge in [0.15, 0.2) is 12.0 Å². The number of aromatic nitrogens is 1. The van der Waals surface area contributed by atoms with Gasteiger partial charge in [-0.25, -0.2) is 12.8 Å². The second-order valence-corrected chi connectivity index (χ2v) is 12.3. The number of rotatable bonds is 8. The Labute approximate surface area is 231 Å². The predicted molar refractivity (Wildman–Crippen MR) is 143 cm³/mol. The number of fused-ring (bicyclic) bond motifs is 1. The molecule has 3 heterocycles. The molecule has 0 saturated carbocycles. The summed E-state index contributed by atoms with van der Waals surface area (Å²) in [6, 6.07) is 6.98. The van der Waals surface area contributed by atoms with Crippen LogP contribution < -0.4 is 15.4 Å². The SMILES string of the molecule is CC(C)C[C@H](NC(=O)c1cc2cc(F)ccc2o1)C(=O)N[C@H]1CC[C@@H](C)N(S(=O)(=O)c2cccc[n+]2[O-])C[C@@H]1O. The number of hydrogen-bond donors (Lipinski definition) is 3. The molecule has 1 aromatic carbocycles. The van der Waals surface area contributed by atoms with Gasteiger partial charge in [0.25, 0.3) is 5.91 Å². The summed E-state index contributed by atoms with van der Waals surface area (Å²) >= 11 is 0. The summed E-state index contributed by atoms with van der Waals surface area (Å²) in [5, 5.41) is 28.5. The zero-order valence-corrected chi connectivity index (χ0v) is 23.2. The van der Waals surface area contributed by atoms with Crippen LogP contribution in [0.25, 0.3) is 11.0 Å². The summed E-state index contributed by atoms with van der Waals surface area (Å²) in [6.45, 7) is 5.11. The summed E-state index contributed by atoms with van der Waals surface area (Å²) < 4.78 is 46.9. The molecule has 1 saturated heterocycles. The molecule has 4 rings (SSSR count). The van der Waals surface area contributed by atoms with E-state index in [4.69, 9.17) is 4.42 Å². The molecule has 1 fully saturated rings. The summed E-state index contributed by atoms with van der Waals surface area (Å²) in [6.07, 6.45) is 0.673. The Hall–Kier alpha value is -3.55. The zero-order valence-electron chi connectivity index (χ0n) is 22.4. The number of carbonyl (C=O) groups is 2. The fourth-order valence-corrected chi connectivity index (χ4v) is 6.53. The zero-order chi connectivity index (χ0) is 29.2. The van der Waals surface area contributed by atoms with Crippen molar-refractivity contribution in [1.82, 2.24) is 14.9 Å². The van der Waals surface area contributed by atoms with E-state index in [-0.39, 0.29) is 35.8 Å². The first-order valence-electron chi connectivity index (χ1n) is 13.0. The normalized spacial score (nSPS) is 21.2. The second-order valence-electron chi connectivity index (χ2n) is 10.5.